The summed E-state index contributed by atoms with van der Waals surface area (Å²) in [6.07, 6.45) is -5.17. The molecule has 1 saturated heterocycles. The van der Waals surface area contributed by atoms with Crippen molar-refractivity contribution in [1.29, 1.82) is 0 Å². The fourth-order valence-corrected chi connectivity index (χ4v) is 9.90. The molecule has 0 aromatic carbocycles. The highest BCUT2D eigenvalue weighted by Crippen LogP contribution is 2.71. The Balaban J connectivity index is 1.28. The molecule has 6 rings (SSSR count). The molecule has 5 fully saturated rings. The molecule has 0 amide bonds. The topological polar surface area (TPSA) is 203 Å². The van der Waals surface area contributed by atoms with Crippen LogP contribution in [0.4, 0.5) is 0 Å². The third kappa shape index (κ3) is 3.88. The van der Waals surface area contributed by atoms with Gasteiger partial charge < -0.3 is 50.0 Å². The molecule has 14 atom stereocenters. The number of carboxylic acids is 1. The van der Waals surface area contributed by atoms with Gasteiger partial charge in [-0.3, -0.25) is 4.79 Å². The number of carboxylic acid groups (broad SMARTS) is 1. The van der Waals surface area contributed by atoms with Gasteiger partial charge >= 0.3 is 11.9 Å². The van der Waals surface area contributed by atoms with Gasteiger partial charge in [0.25, 0.3) is 0 Å². The van der Waals surface area contributed by atoms with Crippen molar-refractivity contribution in [2.24, 2.45) is 28.6 Å². The van der Waals surface area contributed by atoms with Gasteiger partial charge in [0.2, 0.25) is 0 Å². The lowest BCUT2D eigenvalue weighted by Crippen LogP contribution is -2.73. The quantitative estimate of drug-likeness (QED) is 0.167. The maximum absolute atomic E-state index is 13.2. The van der Waals surface area contributed by atoms with Crippen LogP contribution in [0.15, 0.2) is 11.6 Å². The van der Waals surface area contributed by atoms with E-state index in [9.17, 15) is 45.3 Å². The van der Waals surface area contributed by atoms with E-state index in [2.05, 4.69) is 0 Å². The highest BCUT2D eigenvalue weighted by Gasteiger charge is 2.75. The summed E-state index contributed by atoms with van der Waals surface area (Å²) in [5, 5.41) is 77.5. The highest BCUT2D eigenvalue weighted by molar-refractivity contribution is 5.85. The number of carbonyl (C=O) groups excluding carboxylic acids is 1. The predicted molar refractivity (Wildman–Crippen MR) is 138 cm³/mol. The number of carbonyl (C=O) groups is 2. The van der Waals surface area contributed by atoms with Crippen molar-refractivity contribution < 1.29 is 59.5 Å². The van der Waals surface area contributed by atoms with Crippen LogP contribution in [0.1, 0.15) is 65.2 Å². The third-order valence-electron chi connectivity index (χ3n) is 12.1. The van der Waals surface area contributed by atoms with Crippen LogP contribution in [-0.2, 0) is 23.8 Å². The minimum Gasteiger partial charge on any atom is -0.481 e. The van der Waals surface area contributed by atoms with Gasteiger partial charge in [0.1, 0.15) is 24.9 Å². The zero-order valence-corrected chi connectivity index (χ0v) is 23.4. The van der Waals surface area contributed by atoms with Crippen LogP contribution >= 0.6 is 0 Å². The van der Waals surface area contributed by atoms with Gasteiger partial charge in [0.15, 0.2) is 6.29 Å². The van der Waals surface area contributed by atoms with Gasteiger partial charge in [0.05, 0.1) is 34.9 Å². The van der Waals surface area contributed by atoms with Gasteiger partial charge in [0, 0.05) is 17.9 Å². The fourth-order valence-electron chi connectivity index (χ4n) is 9.90. The van der Waals surface area contributed by atoms with E-state index >= 15 is 0 Å². The van der Waals surface area contributed by atoms with Gasteiger partial charge in [-0.2, -0.15) is 0 Å². The second-order valence-corrected chi connectivity index (χ2v) is 13.6. The first kappa shape index (κ1) is 29.4. The average Bonchev–Trinajstić information content (AvgIpc) is 3.46. The molecule has 0 aromatic heterocycles. The maximum atomic E-state index is 13.2. The van der Waals surface area contributed by atoms with Crippen molar-refractivity contribution in [3.8, 4) is 0 Å². The lowest BCUT2D eigenvalue weighted by Gasteiger charge is -2.66. The molecule has 14 unspecified atom stereocenters. The molecule has 4 aliphatic carbocycles. The molecule has 7 N–H and O–H groups in total. The van der Waals surface area contributed by atoms with Crippen LogP contribution < -0.4 is 0 Å². The summed E-state index contributed by atoms with van der Waals surface area (Å²) in [7, 11) is 0. The Labute approximate surface area is 237 Å². The van der Waals surface area contributed by atoms with Crippen molar-refractivity contribution >= 4 is 11.9 Å². The molecule has 0 bridgehead atoms. The monoisotopic (exact) mass is 582 g/mol. The Hall–Kier alpha value is -1.64. The van der Waals surface area contributed by atoms with Crippen LogP contribution in [-0.4, -0.2) is 108 Å². The SMILES string of the molecule is CC1OC(OC2CCC3(C(=O)O)C4CC(O)C5(C)C(C6=CC(=O)OC6)CCC5(O)C4CCC3(O)C2)C(O)C(O)C1O. The van der Waals surface area contributed by atoms with Crippen molar-refractivity contribution in [2.75, 3.05) is 6.61 Å². The standard InChI is InChI=1S/C29H42O12/c1-13-21(32)22(33)23(34)24(40-13)41-15-3-7-28(25(35)36)18-10-19(30)26(2)16(14-9-20(31)39-12-14)5-8-29(26,38)17(18)4-6-27(28,37)11-15/h9,13,15-19,21-24,30,32-34,37-38H,3-8,10-12H2,1-2H3,(H,35,36). The van der Waals surface area contributed by atoms with E-state index < -0.39 is 88.7 Å². The Morgan fingerprint density at radius 1 is 1.00 bits per heavy atom. The zero-order valence-electron chi connectivity index (χ0n) is 23.4. The van der Waals surface area contributed by atoms with Crippen molar-refractivity contribution in [1.82, 2.24) is 0 Å². The summed E-state index contributed by atoms with van der Waals surface area (Å²) >= 11 is 0. The van der Waals surface area contributed by atoms with Crippen molar-refractivity contribution in [3.05, 3.63) is 11.6 Å². The van der Waals surface area contributed by atoms with Gasteiger partial charge in [-0.1, -0.05) is 6.92 Å². The lowest BCUT2D eigenvalue weighted by molar-refractivity contribution is -0.321. The number of aliphatic hydroxyl groups is 6. The molecule has 0 aromatic rings. The number of hydrogen-bond acceptors (Lipinski definition) is 11. The molecule has 41 heavy (non-hydrogen) atoms. The Bertz CT molecular complexity index is 1130. The number of aliphatic hydroxyl groups excluding tert-OH is 4. The van der Waals surface area contributed by atoms with E-state index in [0.717, 1.165) is 5.57 Å². The second kappa shape index (κ2) is 9.68. The van der Waals surface area contributed by atoms with E-state index in [1.165, 1.54) is 13.0 Å². The molecule has 0 spiro atoms. The molecule has 2 aliphatic heterocycles. The zero-order chi connectivity index (χ0) is 29.7. The highest BCUT2D eigenvalue weighted by atomic mass is 16.7. The fraction of sp³-hybridized carbons (Fsp3) is 0.862. The molecule has 4 saturated carbocycles. The first-order valence-corrected chi connectivity index (χ1v) is 14.8. The second-order valence-electron chi connectivity index (χ2n) is 13.6. The number of cyclic esters (lactones) is 1. The van der Waals surface area contributed by atoms with Crippen LogP contribution in [0.2, 0.25) is 0 Å². The number of aliphatic carboxylic acids is 1. The van der Waals surface area contributed by atoms with Crippen LogP contribution in [0.3, 0.4) is 0 Å². The minimum absolute atomic E-state index is 0.0185. The van der Waals surface area contributed by atoms with E-state index in [-0.39, 0.29) is 44.6 Å². The molecule has 12 nitrogen and oxygen atoms in total. The Morgan fingerprint density at radius 3 is 2.39 bits per heavy atom. The van der Waals surface area contributed by atoms with Crippen LogP contribution in [0, 0.1) is 28.6 Å². The van der Waals surface area contributed by atoms with Crippen molar-refractivity contribution in [3.63, 3.8) is 0 Å². The lowest BCUT2D eigenvalue weighted by atomic mass is 9.40. The molecule has 0 radical (unpaired) electrons. The molecule has 2 heterocycles. The van der Waals surface area contributed by atoms with E-state index in [1.807, 2.05) is 6.92 Å². The van der Waals surface area contributed by atoms with Crippen LogP contribution in [0.5, 0.6) is 0 Å². The molecule has 12 heteroatoms. The third-order valence-corrected chi connectivity index (χ3v) is 12.1. The van der Waals surface area contributed by atoms with Crippen LogP contribution in [0.25, 0.3) is 0 Å². The van der Waals surface area contributed by atoms with Gasteiger partial charge in [-0.05, 0) is 75.2 Å². The number of ether oxygens (including phenoxy) is 3. The van der Waals surface area contributed by atoms with Gasteiger partial charge in [-0.15, -0.1) is 0 Å². The summed E-state index contributed by atoms with van der Waals surface area (Å²) in [4.78, 5) is 25.0. The van der Waals surface area contributed by atoms with E-state index in [0.29, 0.717) is 19.3 Å². The number of fused-ring (bicyclic) bond motifs is 5. The number of hydrogen-bond donors (Lipinski definition) is 7. The summed E-state index contributed by atoms with van der Waals surface area (Å²) < 4.78 is 16.7. The van der Waals surface area contributed by atoms with Gasteiger partial charge in [-0.25, -0.2) is 4.79 Å². The predicted octanol–water partition coefficient (Wildman–Crippen LogP) is -0.393. The molecular weight excluding hydrogens is 540 g/mol. The van der Waals surface area contributed by atoms with Crippen molar-refractivity contribution in [2.45, 2.75) is 119 Å². The van der Waals surface area contributed by atoms with E-state index in [1.54, 1.807) is 0 Å². The summed E-state index contributed by atoms with van der Waals surface area (Å²) in [5.74, 6) is -3.12. The maximum Gasteiger partial charge on any atom is 0.331 e. The number of esters is 1. The largest absolute Gasteiger partial charge is 0.481 e. The van der Waals surface area contributed by atoms with E-state index in [4.69, 9.17) is 14.2 Å². The normalized spacial score (nSPS) is 54.9. The first-order valence-electron chi connectivity index (χ1n) is 14.8. The summed E-state index contributed by atoms with van der Waals surface area (Å²) in [6.45, 7) is 3.48. The number of rotatable bonds is 4. The summed E-state index contributed by atoms with van der Waals surface area (Å²) in [6, 6.07) is 0. The summed E-state index contributed by atoms with van der Waals surface area (Å²) in [5.41, 5.74) is -5.05. The molecule has 6 aliphatic rings. The molecular formula is C29H42O12. The first-order chi connectivity index (χ1) is 19.2. The molecule has 230 valence electrons. The Kier molecular flexibility index (Phi) is 6.95. The minimum atomic E-state index is -1.72. The smallest absolute Gasteiger partial charge is 0.331 e. The Morgan fingerprint density at radius 2 is 1.73 bits per heavy atom. The average molecular weight is 583 g/mol.